The van der Waals surface area contributed by atoms with E-state index in [2.05, 4.69) is 29.0 Å². The second kappa shape index (κ2) is 8.13. The van der Waals surface area contributed by atoms with Crippen molar-refractivity contribution in [1.82, 2.24) is 24.5 Å². The largest absolute Gasteiger partial charge is 0.368 e. The van der Waals surface area contributed by atoms with Crippen LogP contribution >= 0.6 is 11.8 Å². The van der Waals surface area contributed by atoms with E-state index in [1.54, 1.807) is 11.8 Å². The molecule has 0 radical (unpaired) electrons. The van der Waals surface area contributed by atoms with Gasteiger partial charge in [0, 0.05) is 23.9 Å². The van der Waals surface area contributed by atoms with Crippen molar-refractivity contribution in [3.05, 3.63) is 11.3 Å². The summed E-state index contributed by atoms with van der Waals surface area (Å²) in [6.45, 7) is 8.88. The van der Waals surface area contributed by atoms with Crippen LogP contribution in [0.25, 0.3) is 5.78 Å². The molecule has 1 N–H and O–H groups in total. The number of fused-ring (bicyclic) bond motifs is 2. The Morgan fingerprint density at radius 1 is 1.04 bits per heavy atom. The molecule has 7 heteroatoms. The van der Waals surface area contributed by atoms with Crippen molar-refractivity contribution in [1.29, 1.82) is 0 Å². The maximum Gasteiger partial charge on any atom is 0.255 e. The second-order valence-electron chi connectivity index (χ2n) is 7.69. The average Bonchev–Trinajstić information content (AvgIpc) is 3.03. The van der Waals surface area contributed by atoms with Crippen molar-refractivity contribution >= 4 is 23.4 Å². The smallest absolute Gasteiger partial charge is 0.255 e. The molecule has 0 atom stereocenters. The number of thioether (sulfide) groups is 1. The van der Waals surface area contributed by atoms with Crippen LogP contribution < -0.4 is 5.32 Å². The van der Waals surface area contributed by atoms with E-state index in [0.717, 1.165) is 42.7 Å². The summed E-state index contributed by atoms with van der Waals surface area (Å²) in [6.07, 6.45) is 8.69. The summed E-state index contributed by atoms with van der Waals surface area (Å²) < 4.78 is 1.95. The molecule has 0 saturated carbocycles. The Bertz CT molecular complexity index is 750. The number of nitrogens with zero attached hydrogens (tertiary/aromatic N) is 5. The van der Waals surface area contributed by atoms with Gasteiger partial charge in [-0.15, -0.1) is 5.10 Å². The van der Waals surface area contributed by atoms with E-state index in [0.29, 0.717) is 5.25 Å². The van der Waals surface area contributed by atoms with Gasteiger partial charge < -0.3 is 10.2 Å². The SMILES string of the molecule is CC(C)Sc1nc2nc3c(c(NCCN4CCCCC4)n2n1)CCCC3. The summed E-state index contributed by atoms with van der Waals surface area (Å²) in [6, 6.07) is 0. The van der Waals surface area contributed by atoms with E-state index >= 15 is 0 Å². The Labute approximate surface area is 160 Å². The van der Waals surface area contributed by atoms with Crippen LogP contribution in [0.1, 0.15) is 57.2 Å². The molecule has 142 valence electrons. The van der Waals surface area contributed by atoms with Gasteiger partial charge in [0.1, 0.15) is 5.82 Å². The number of rotatable bonds is 6. The van der Waals surface area contributed by atoms with E-state index in [9.17, 15) is 0 Å². The number of nitrogens with one attached hydrogen (secondary N) is 1. The van der Waals surface area contributed by atoms with Gasteiger partial charge in [-0.3, -0.25) is 0 Å². The molecule has 1 fully saturated rings. The average molecular weight is 375 g/mol. The van der Waals surface area contributed by atoms with Crippen molar-refractivity contribution in [2.24, 2.45) is 0 Å². The van der Waals surface area contributed by atoms with Crippen LogP contribution in [-0.2, 0) is 12.8 Å². The fourth-order valence-electron chi connectivity index (χ4n) is 3.98. The normalized spacial score (nSPS) is 18.4. The molecule has 0 spiro atoms. The number of anilines is 1. The van der Waals surface area contributed by atoms with Crippen LogP contribution in [0.5, 0.6) is 0 Å². The van der Waals surface area contributed by atoms with Crippen molar-refractivity contribution in [2.75, 3.05) is 31.5 Å². The molecule has 2 aromatic heterocycles. The molecule has 2 aliphatic rings. The lowest BCUT2D eigenvalue weighted by Gasteiger charge is -2.27. The van der Waals surface area contributed by atoms with Gasteiger partial charge in [0.25, 0.3) is 5.78 Å². The van der Waals surface area contributed by atoms with Gasteiger partial charge in [0.05, 0.1) is 5.69 Å². The Morgan fingerprint density at radius 2 is 1.85 bits per heavy atom. The number of likely N-dealkylation sites (tertiary alicyclic amines) is 1. The van der Waals surface area contributed by atoms with Crippen molar-refractivity contribution in [3.8, 4) is 0 Å². The topological polar surface area (TPSA) is 58.4 Å². The molecular formula is C19H30N6S. The zero-order valence-electron chi connectivity index (χ0n) is 16.0. The highest BCUT2D eigenvalue weighted by Crippen LogP contribution is 2.29. The second-order valence-corrected chi connectivity index (χ2v) is 9.24. The highest BCUT2D eigenvalue weighted by atomic mass is 32.2. The van der Waals surface area contributed by atoms with Crippen LogP contribution in [0.15, 0.2) is 5.16 Å². The van der Waals surface area contributed by atoms with Gasteiger partial charge in [0.2, 0.25) is 5.16 Å². The molecule has 1 aliphatic carbocycles. The quantitative estimate of drug-likeness (QED) is 0.782. The monoisotopic (exact) mass is 374 g/mol. The van der Waals surface area contributed by atoms with Crippen LogP contribution in [0, 0.1) is 0 Å². The minimum absolute atomic E-state index is 0.470. The van der Waals surface area contributed by atoms with Gasteiger partial charge >= 0.3 is 0 Å². The van der Waals surface area contributed by atoms with Crippen LogP contribution in [0.3, 0.4) is 0 Å². The Kier molecular flexibility index (Phi) is 5.64. The first-order chi connectivity index (χ1) is 12.7. The molecule has 0 unspecified atom stereocenters. The maximum atomic E-state index is 4.83. The van der Waals surface area contributed by atoms with Gasteiger partial charge in [-0.25, -0.2) is 4.98 Å². The maximum absolute atomic E-state index is 4.83. The number of hydrogen-bond donors (Lipinski definition) is 1. The summed E-state index contributed by atoms with van der Waals surface area (Å²) in [4.78, 5) is 12.1. The van der Waals surface area contributed by atoms with E-state index < -0.39 is 0 Å². The summed E-state index contributed by atoms with van der Waals surface area (Å²) in [5.41, 5.74) is 2.58. The number of hydrogen-bond acceptors (Lipinski definition) is 6. The lowest BCUT2D eigenvalue weighted by atomic mass is 9.96. The highest BCUT2D eigenvalue weighted by Gasteiger charge is 2.21. The van der Waals surface area contributed by atoms with Crippen LogP contribution in [0.2, 0.25) is 0 Å². The highest BCUT2D eigenvalue weighted by molar-refractivity contribution is 7.99. The molecular weight excluding hydrogens is 344 g/mol. The van der Waals surface area contributed by atoms with E-state index in [-0.39, 0.29) is 0 Å². The van der Waals surface area contributed by atoms with Gasteiger partial charge in [-0.2, -0.15) is 9.50 Å². The summed E-state index contributed by atoms with van der Waals surface area (Å²) in [7, 11) is 0. The number of piperidine rings is 1. The minimum Gasteiger partial charge on any atom is -0.368 e. The van der Waals surface area contributed by atoms with Gasteiger partial charge in [-0.05, 0) is 51.6 Å². The van der Waals surface area contributed by atoms with Crippen molar-refractivity contribution in [3.63, 3.8) is 0 Å². The van der Waals surface area contributed by atoms with Crippen LogP contribution in [0.4, 0.5) is 5.82 Å². The molecule has 26 heavy (non-hydrogen) atoms. The zero-order chi connectivity index (χ0) is 17.9. The van der Waals surface area contributed by atoms with Crippen molar-refractivity contribution < 1.29 is 0 Å². The van der Waals surface area contributed by atoms with Crippen molar-refractivity contribution in [2.45, 2.75) is 69.2 Å². The molecule has 0 bridgehead atoms. The number of aryl methyl sites for hydroxylation is 1. The molecule has 4 rings (SSSR count). The lowest BCUT2D eigenvalue weighted by molar-refractivity contribution is 0.237. The summed E-state index contributed by atoms with van der Waals surface area (Å²) in [5, 5.41) is 9.75. The molecule has 0 amide bonds. The molecule has 1 aliphatic heterocycles. The van der Waals surface area contributed by atoms with E-state index in [1.165, 1.54) is 56.5 Å². The summed E-state index contributed by atoms with van der Waals surface area (Å²) >= 11 is 1.70. The molecule has 1 saturated heterocycles. The van der Waals surface area contributed by atoms with E-state index in [4.69, 9.17) is 10.1 Å². The third kappa shape index (κ3) is 3.98. The van der Waals surface area contributed by atoms with Crippen LogP contribution in [-0.4, -0.2) is 55.9 Å². The Hall–Kier alpha value is -1.34. The Morgan fingerprint density at radius 3 is 2.65 bits per heavy atom. The minimum atomic E-state index is 0.470. The molecule has 6 nitrogen and oxygen atoms in total. The lowest BCUT2D eigenvalue weighted by Crippen LogP contribution is -2.34. The fourth-order valence-corrected chi connectivity index (χ4v) is 4.67. The van der Waals surface area contributed by atoms with E-state index in [1.807, 2.05) is 4.52 Å². The molecule has 2 aromatic rings. The third-order valence-corrected chi connectivity index (χ3v) is 6.11. The molecule has 0 aromatic carbocycles. The third-order valence-electron chi connectivity index (χ3n) is 5.25. The standard InChI is InChI=1S/C19H30N6S/c1-14(2)26-19-22-18-21-16-9-5-4-8-15(16)17(25(18)23-19)20-10-13-24-11-6-3-7-12-24/h14,20H,3-13H2,1-2H3. The van der Waals surface area contributed by atoms with Gasteiger partial charge in [0.15, 0.2) is 0 Å². The predicted octanol–water partition coefficient (Wildman–Crippen LogP) is 3.40. The predicted molar refractivity (Wildman–Crippen MR) is 107 cm³/mol. The fraction of sp³-hybridized carbons (Fsp3) is 0.737. The molecule has 3 heterocycles. The summed E-state index contributed by atoms with van der Waals surface area (Å²) in [5.74, 6) is 1.87. The number of aromatic nitrogens is 4. The zero-order valence-corrected chi connectivity index (χ0v) is 16.8. The first-order valence-electron chi connectivity index (χ1n) is 10.1. The Balaban J connectivity index is 1.58. The first kappa shape index (κ1) is 18.0. The first-order valence-corrected chi connectivity index (χ1v) is 11.0. The van der Waals surface area contributed by atoms with Gasteiger partial charge in [-0.1, -0.05) is 32.0 Å².